The van der Waals surface area contributed by atoms with E-state index in [0.29, 0.717) is 18.5 Å². The fourth-order valence-electron chi connectivity index (χ4n) is 1.98. The topological polar surface area (TPSA) is 47.3 Å². The Bertz CT molecular complexity index is 309. The van der Waals surface area contributed by atoms with Crippen molar-refractivity contribution in [3.8, 4) is 5.88 Å². The van der Waals surface area contributed by atoms with Crippen LogP contribution in [-0.4, -0.2) is 18.8 Å². The number of fused-ring (bicyclic) bond motifs is 1. The van der Waals surface area contributed by atoms with Crippen LogP contribution in [0.1, 0.15) is 37.1 Å². The van der Waals surface area contributed by atoms with Gasteiger partial charge < -0.3 is 14.6 Å². The van der Waals surface area contributed by atoms with Crippen molar-refractivity contribution in [3.05, 3.63) is 11.3 Å². The summed E-state index contributed by atoms with van der Waals surface area (Å²) in [6, 6.07) is 0.339. The predicted octanol–water partition coefficient (Wildman–Crippen LogP) is 1.67. The van der Waals surface area contributed by atoms with Crippen molar-refractivity contribution in [1.29, 1.82) is 0 Å². The van der Waals surface area contributed by atoms with Gasteiger partial charge in [-0.3, -0.25) is 0 Å². The Labute approximate surface area is 83.6 Å². The summed E-state index contributed by atoms with van der Waals surface area (Å²) < 4.78 is 10.7. The summed E-state index contributed by atoms with van der Waals surface area (Å²) in [6.07, 6.45) is 3.26. The maximum Gasteiger partial charge on any atom is 0.259 e. The van der Waals surface area contributed by atoms with Gasteiger partial charge in [0, 0.05) is 12.5 Å². The molecule has 0 radical (unpaired) electrons. The van der Waals surface area contributed by atoms with Crippen LogP contribution in [0.4, 0.5) is 0 Å². The van der Waals surface area contributed by atoms with Crippen molar-refractivity contribution < 1.29 is 9.26 Å². The molecule has 1 aromatic rings. The van der Waals surface area contributed by atoms with Crippen LogP contribution < -0.4 is 10.1 Å². The molecule has 1 aliphatic rings. The number of nitrogens with zero attached hydrogens (tertiary/aromatic N) is 1. The molecule has 1 aliphatic carbocycles. The van der Waals surface area contributed by atoms with E-state index in [2.05, 4.69) is 10.5 Å². The third-order valence-electron chi connectivity index (χ3n) is 2.64. The van der Waals surface area contributed by atoms with E-state index in [4.69, 9.17) is 9.26 Å². The molecular formula is C10H16N2O2. The Morgan fingerprint density at radius 2 is 2.50 bits per heavy atom. The quantitative estimate of drug-likeness (QED) is 0.798. The van der Waals surface area contributed by atoms with Gasteiger partial charge in [-0.1, -0.05) is 0 Å². The first-order valence-corrected chi connectivity index (χ1v) is 5.15. The van der Waals surface area contributed by atoms with Crippen LogP contribution >= 0.6 is 0 Å². The van der Waals surface area contributed by atoms with Crippen molar-refractivity contribution in [2.45, 2.75) is 32.2 Å². The Morgan fingerprint density at radius 1 is 1.64 bits per heavy atom. The smallest absolute Gasteiger partial charge is 0.259 e. The van der Waals surface area contributed by atoms with E-state index in [0.717, 1.165) is 30.6 Å². The third-order valence-corrected chi connectivity index (χ3v) is 2.64. The zero-order valence-corrected chi connectivity index (χ0v) is 8.67. The van der Waals surface area contributed by atoms with Crippen LogP contribution in [-0.2, 0) is 6.42 Å². The van der Waals surface area contributed by atoms with E-state index < -0.39 is 0 Å². The van der Waals surface area contributed by atoms with E-state index in [1.54, 1.807) is 0 Å². The standard InChI is InChI=1S/C10H16N2O2/c1-3-13-10-9-7(11-2)5-4-6-8(9)14-12-10/h7,11H,3-6H2,1-2H3/t7-/m0/s1. The fourth-order valence-corrected chi connectivity index (χ4v) is 1.98. The van der Waals surface area contributed by atoms with Gasteiger partial charge in [0.2, 0.25) is 0 Å². The number of nitrogens with one attached hydrogen (secondary N) is 1. The van der Waals surface area contributed by atoms with Crippen LogP contribution in [0.2, 0.25) is 0 Å². The molecule has 1 atom stereocenters. The molecule has 0 bridgehead atoms. The van der Waals surface area contributed by atoms with Gasteiger partial charge in [-0.25, -0.2) is 0 Å². The lowest BCUT2D eigenvalue weighted by molar-refractivity contribution is 0.289. The minimum atomic E-state index is 0.339. The molecule has 78 valence electrons. The van der Waals surface area contributed by atoms with Crippen LogP contribution in [0.5, 0.6) is 5.88 Å². The number of ether oxygens (including phenoxy) is 1. The van der Waals surface area contributed by atoms with Gasteiger partial charge in [-0.2, -0.15) is 0 Å². The van der Waals surface area contributed by atoms with Gasteiger partial charge >= 0.3 is 0 Å². The maximum absolute atomic E-state index is 5.43. The summed E-state index contributed by atoms with van der Waals surface area (Å²) in [5.74, 6) is 1.65. The molecule has 0 aliphatic heterocycles. The van der Waals surface area contributed by atoms with Crippen LogP contribution in [0.15, 0.2) is 4.52 Å². The van der Waals surface area contributed by atoms with E-state index in [1.807, 2.05) is 14.0 Å². The number of rotatable bonds is 3. The number of aromatic nitrogens is 1. The molecule has 0 fully saturated rings. The zero-order chi connectivity index (χ0) is 9.97. The van der Waals surface area contributed by atoms with E-state index in [-0.39, 0.29) is 0 Å². The van der Waals surface area contributed by atoms with Gasteiger partial charge in [0.25, 0.3) is 5.88 Å². The summed E-state index contributed by atoms with van der Waals surface area (Å²) in [7, 11) is 1.96. The normalized spacial score (nSPS) is 20.6. The Kier molecular flexibility index (Phi) is 2.72. The molecule has 4 heteroatoms. The Hall–Kier alpha value is -1.03. The number of aryl methyl sites for hydroxylation is 1. The van der Waals surface area contributed by atoms with Crippen LogP contribution in [0.3, 0.4) is 0 Å². The molecule has 0 amide bonds. The highest BCUT2D eigenvalue weighted by Gasteiger charge is 2.27. The van der Waals surface area contributed by atoms with Crippen LogP contribution in [0.25, 0.3) is 0 Å². The molecule has 0 unspecified atom stereocenters. The molecule has 1 N–H and O–H groups in total. The minimum Gasteiger partial charge on any atom is -0.476 e. The maximum atomic E-state index is 5.43. The zero-order valence-electron chi connectivity index (χ0n) is 8.67. The number of hydrogen-bond donors (Lipinski definition) is 1. The molecule has 2 rings (SSSR count). The average molecular weight is 196 g/mol. The Balaban J connectivity index is 2.31. The second kappa shape index (κ2) is 4.00. The Morgan fingerprint density at radius 3 is 3.21 bits per heavy atom. The second-order valence-corrected chi connectivity index (χ2v) is 3.49. The molecule has 1 aromatic heterocycles. The summed E-state index contributed by atoms with van der Waals surface area (Å²) >= 11 is 0. The van der Waals surface area contributed by atoms with E-state index >= 15 is 0 Å². The second-order valence-electron chi connectivity index (χ2n) is 3.49. The lowest BCUT2D eigenvalue weighted by Crippen LogP contribution is -2.21. The molecule has 0 spiro atoms. The largest absolute Gasteiger partial charge is 0.476 e. The van der Waals surface area contributed by atoms with Gasteiger partial charge in [0.05, 0.1) is 12.2 Å². The third kappa shape index (κ3) is 1.50. The molecule has 0 saturated heterocycles. The van der Waals surface area contributed by atoms with Gasteiger partial charge in [-0.15, -0.1) is 0 Å². The molecular weight excluding hydrogens is 180 g/mol. The highest BCUT2D eigenvalue weighted by molar-refractivity contribution is 5.33. The van der Waals surface area contributed by atoms with E-state index in [1.165, 1.54) is 0 Å². The predicted molar refractivity (Wildman–Crippen MR) is 52.4 cm³/mol. The molecule has 1 heterocycles. The first-order chi connectivity index (χ1) is 6.86. The summed E-state index contributed by atoms with van der Waals surface area (Å²) in [6.45, 7) is 2.59. The van der Waals surface area contributed by atoms with Gasteiger partial charge in [-0.05, 0) is 32.0 Å². The van der Waals surface area contributed by atoms with Crippen molar-refractivity contribution in [2.24, 2.45) is 0 Å². The molecule has 4 nitrogen and oxygen atoms in total. The number of hydrogen-bond acceptors (Lipinski definition) is 4. The summed E-state index contributed by atoms with van der Waals surface area (Å²) in [4.78, 5) is 0. The SMILES string of the molecule is CCOc1noc2c1[C@@H](NC)CCC2. The summed E-state index contributed by atoms with van der Waals surface area (Å²) in [5.41, 5.74) is 1.13. The highest BCUT2D eigenvalue weighted by atomic mass is 16.5. The average Bonchev–Trinajstić information content (AvgIpc) is 2.62. The van der Waals surface area contributed by atoms with E-state index in [9.17, 15) is 0 Å². The molecule has 0 aromatic carbocycles. The first-order valence-electron chi connectivity index (χ1n) is 5.15. The fraction of sp³-hybridized carbons (Fsp3) is 0.700. The van der Waals surface area contributed by atoms with Crippen molar-refractivity contribution in [1.82, 2.24) is 10.5 Å². The minimum absolute atomic E-state index is 0.339. The lowest BCUT2D eigenvalue weighted by atomic mass is 9.93. The van der Waals surface area contributed by atoms with Crippen molar-refractivity contribution >= 4 is 0 Å². The van der Waals surface area contributed by atoms with Crippen molar-refractivity contribution in [3.63, 3.8) is 0 Å². The molecule has 0 saturated carbocycles. The summed E-state index contributed by atoms with van der Waals surface area (Å²) in [5, 5.41) is 7.21. The van der Waals surface area contributed by atoms with Crippen molar-refractivity contribution in [2.75, 3.05) is 13.7 Å². The first kappa shape index (κ1) is 9.52. The monoisotopic (exact) mass is 196 g/mol. The lowest BCUT2D eigenvalue weighted by Gasteiger charge is -2.20. The highest BCUT2D eigenvalue weighted by Crippen LogP contribution is 2.35. The molecule has 14 heavy (non-hydrogen) atoms. The van der Waals surface area contributed by atoms with Crippen LogP contribution in [0, 0.1) is 0 Å². The van der Waals surface area contributed by atoms with Gasteiger partial charge in [0.1, 0.15) is 5.76 Å². The van der Waals surface area contributed by atoms with Gasteiger partial charge in [0.15, 0.2) is 0 Å².